The number of carbonyl (C=O) groups is 1. The molecule has 0 saturated heterocycles. The average molecular weight is 419 g/mol. The molecule has 2 fully saturated rings. The Kier molecular flexibility index (Phi) is 4.55. The third-order valence-electron chi connectivity index (χ3n) is 8.78. The fraction of sp³-hybridized carbons (Fsp3) is 0.708. The number of ketones is 1. The summed E-state index contributed by atoms with van der Waals surface area (Å²) in [6.45, 7) is 10.8. The first kappa shape index (κ1) is 20.9. The molecular formula is C24H34O4S. The van der Waals surface area contributed by atoms with E-state index in [1.165, 1.54) is 13.3 Å². The van der Waals surface area contributed by atoms with Crippen LogP contribution in [0.25, 0.3) is 0 Å². The van der Waals surface area contributed by atoms with Crippen LogP contribution >= 0.6 is 0 Å². The minimum atomic E-state index is -3.50. The molecule has 0 unspecified atom stereocenters. The smallest absolute Gasteiger partial charge is 0.179 e. The molecule has 1 heterocycles. The summed E-state index contributed by atoms with van der Waals surface area (Å²) in [7, 11) is -1.92. The number of hydrogen-bond donors (Lipinski definition) is 0. The van der Waals surface area contributed by atoms with Crippen molar-refractivity contribution in [3.05, 3.63) is 23.3 Å². The normalized spacial score (nSPS) is 37.0. The molecule has 1 aromatic carbocycles. The second-order valence-electron chi connectivity index (χ2n) is 10.8. The zero-order valence-corrected chi connectivity index (χ0v) is 19.4. The summed E-state index contributed by atoms with van der Waals surface area (Å²) in [4.78, 5) is 12.4. The Balaban J connectivity index is 1.97. The quantitative estimate of drug-likeness (QED) is 0.621. The molecule has 160 valence electrons. The van der Waals surface area contributed by atoms with Gasteiger partial charge in [0.25, 0.3) is 0 Å². The lowest BCUT2D eigenvalue weighted by Crippen LogP contribution is -2.60. The van der Waals surface area contributed by atoms with Crippen LogP contribution in [0.3, 0.4) is 0 Å². The van der Waals surface area contributed by atoms with E-state index in [4.69, 9.17) is 4.74 Å². The van der Waals surface area contributed by atoms with Gasteiger partial charge in [-0.15, -0.1) is 0 Å². The number of hydrogen-bond acceptors (Lipinski definition) is 4. The highest BCUT2D eigenvalue weighted by Crippen LogP contribution is 2.67. The van der Waals surface area contributed by atoms with Gasteiger partial charge in [-0.2, -0.15) is 0 Å². The van der Waals surface area contributed by atoms with Gasteiger partial charge in [0.05, 0.1) is 17.8 Å². The lowest BCUT2D eigenvalue weighted by Gasteiger charge is -2.63. The molecule has 2 aliphatic carbocycles. The first-order chi connectivity index (χ1) is 13.4. The van der Waals surface area contributed by atoms with Gasteiger partial charge in [-0.3, -0.25) is 4.79 Å². The van der Waals surface area contributed by atoms with Crippen molar-refractivity contribution in [2.45, 2.75) is 77.0 Å². The van der Waals surface area contributed by atoms with E-state index < -0.39 is 9.84 Å². The van der Waals surface area contributed by atoms with Gasteiger partial charge in [-0.25, -0.2) is 8.42 Å². The van der Waals surface area contributed by atoms with Crippen LogP contribution in [0.5, 0.6) is 5.75 Å². The van der Waals surface area contributed by atoms with Crippen molar-refractivity contribution in [3.63, 3.8) is 0 Å². The molecule has 4 nitrogen and oxygen atoms in total. The van der Waals surface area contributed by atoms with Crippen LogP contribution < -0.4 is 4.74 Å². The standard InChI is InChI=1S/C24H34O4S/c1-15(25)16-12-17(28-6)21-18(13-16)29(26,27)14-20-23(4)10-7-9-22(2,3)19(23)8-11-24(20,21)5/h12-13,19-20H,7-11,14H2,1-6H3/t19-,20+,23-,24+/m0/s1. The van der Waals surface area contributed by atoms with Crippen LogP contribution in [0.1, 0.15) is 82.6 Å². The molecule has 0 radical (unpaired) electrons. The number of methoxy groups -OCH3 is 1. The molecule has 3 aliphatic rings. The number of fused-ring (bicyclic) bond motifs is 5. The maximum atomic E-state index is 13.5. The van der Waals surface area contributed by atoms with Gasteiger partial charge >= 0.3 is 0 Å². The fourth-order valence-corrected chi connectivity index (χ4v) is 9.71. The summed E-state index contributed by atoms with van der Waals surface area (Å²) in [6, 6.07) is 3.33. The van der Waals surface area contributed by atoms with Crippen molar-refractivity contribution in [1.29, 1.82) is 0 Å². The van der Waals surface area contributed by atoms with Crippen molar-refractivity contribution in [2.24, 2.45) is 22.7 Å². The Morgan fingerprint density at radius 3 is 2.38 bits per heavy atom. The molecule has 2 saturated carbocycles. The zero-order chi connectivity index (χ0) is 21.4. The largest absolute Gasteiger partial charge is 0.496 e. The van der Waals surface area contributed by atoms with Crippen LogP contribution in [-0.4, -0.2) is 27.1 Å². The Bertz CT molecular complexity index is 977. The van der Waals surface area contributed by atoms with E-state index >= 15 is 0 Å². The van der Waals surface area contributed by atoms with Gasteiger partial charge < -0.3 is 4.74 Å². The van der Waals surface area contributed by atoms with Crippen LogP contribution in [0.15, 0.2) is 17.0 Å². The van der Waals surface area contributed by atoms with Gasteiger partial charge in [-0.05, 0) is 67.4 Å². The predicted octanol–water partition coefficient (Wildman–Crippen LogP) is 5.19. The van der Waals surface area contributed by atoms with Crippen molar-refractivity contribution in [3.8, 4) is 5.75 Å². The number of sulfone groups is 1. The van der Waals surface area contributed by atoms with Gasteiger partial charge in [-0.1, -0.05) is 34.1 Å². The molecule has 1 aliphatic heterocycles. The van der Waals surface area contributed by atoms with Gasteiger partial charge in [0, 0.05) is 16.5 Å². The van der Waals surface area contributed by atoms with Crippen LogP contribution in [-0.2, 0) is 15.3 Å². The zero-order valence-electron chi connectivity index (χ0n) is 18.6. The third kappa shape index (κ3) is 2.83. The number of benzene rings is 1. The van der Waals surface area contributed by atoms with Crippen LogP contribution in [0.4, 0.5) is 0 Å². The molecule has 29 heavy (non-hydrogen) atoms. The highest BCUT2D eigenvalue weighted by Gasteiger charge is 2.62. The number of ether oxygens (including phenoxy) is 1. The summed E-state index contributed by atoms with van der Waals surface area (Å²) in [5.41, 5.74) is 1.18. The summed E-state index contributed by atoms with van der Waals surface area (Å²) >= 11 is 0. The Labute approximate surface area is 175 Å². The Morgan fingerprint density at radius 1 is 1.07 bits per heavy atom. The molecule has 0 aromatic heterocycles. The van der Waals surface area contributed by atoms with Crippen LogP contribution in [0.2, 0.25) is 0 Å². The van der Waals surface area contributed by atoms with E-state index in [0.717, 1.165) is 31.2 Å². The van der Waals surface area contributed by atoms with E-state index in [1.807, 2.05) is 0 Å². The van der Waals surface area contributed by atoms with E-state index in [9.17, 15) is 13.2 Å². The molecule has 0 bridgehead atoms. The minimum Gasteiger partial charge on any atom is -0.496 e. The summed E-state index contributed by atoms with van der Waals surface area (Å²) in [5.74, 6) is 1.17. The van der Waals surface area contributed by atoms with Gasteiger partial charge in [0.15, 0.2) is 15.6 Å². The molecule has 0 amide bonds. The fourth-order valence-electron chi connectivity index (χ4n) is 7.39. The second kappa shape index (κ2) is 6.32. The van der Waals surface area contributed by atoms with E-state index in [0.29, 0.717) is 22.1 Å². The maximum Gasteiger partial charge on any atom is 0.179 e. The van der Waals surface area contributed by atoms with Crippen molar-refractivity contribution in [1.82, 2.24) is 0 Å². The predicted molar refractivity (Wildman–Crippen MR) is 114 cm³/mol. The minimum absolute atomic E-state index is 0.0102. The molecule has 4 atom stereocenters. The molecule has 1 aromatic rings. The molecule has 4 rings (SSSR count). The van der Waals surface area contributed by atoms with Gasteiger partial charge in [0.1, 0.15) is 5.75 Å². The summed E-state index contributed by atoms with van der Waals surface area (Å²) in [6.07, 6.45) is 5.51. The molecular weight excluding hydrogens is 384 g/mol. The van der Waals surface area contributed by atoms with E-state index in [-0.39, 0.29) is 33.7 Å². The van der Waals surface area contributed by atoms with Crippen molar-refractivity contribution >= 4 is 15.6 Å². The van der Waals surface area contributed by atoms with E-state index in [2.05, 4.69) is 27.7 Å². The van der Waals surface area contributed by atoms with Crippen molar-refractivity contribution < 1.29 is 17.9 Å². The molecule has 0 spiro atoms. The molecule has 5 heteroatoms. The van der Waals surface area contributed by atoms with Crippen LogP contribution in [0, 0.1) is 22.7 Å². The van der Waals surface area contributed by atoms with Crippen molar-refractivity contribution in [2.75, 3.05) is 12.9 Å². The lowest BCUT2D eigenvalue weighted by atomic mass is 9.43. The summed E-state index contributed by atoms with van der Waals surface area (Å²) in [5, 5.41) is 0. The monoisotopic (exact) mass is 418 g/mol. The third-order valence-corrected chi connectivity index (χ3v) is 10.5. The molecule has 0 N–H and O–H groups in total. The maximum absolute atomic E-state index is 13.5. The topological polar surface area (TPSA) is 60.4 Å². The summed E-state index contributed by atoms with van der Waals surface area (Å²) < 4.78 is 32.8. The van der Waals surface area contributed by atoms with Gasteiger partial charge in [0.2, 0.25) is 0 Å². The van der Waals surface area contributed by atoms with E-state index in [1.54, 1.807) is 19.2 Å². The highest BCUT2D eigenvalue weighted by molar-refractivity contribution is 7.91. The first-order valence-corrected chi connectivity index (χ1v) is 12.5. The number of Topliss-reactive ketones (excluding diaryl/α,β-unsaturated/α-hetero) is 1. The SMILES string of the molecule is COc1cc(C(C)=O)cc2c1[C@]1(C)CC[C@H]3C(C)(C)CCC[C@]3(C)[C@H]1CS2(=O)=O. The first-order valence-electron chi connectivity index (χ1n) is 10.8. The number of rotatable bonds is 2. The average Bonchev–Trinajstić information content (AvgIpc) is 2.62. The Morgan fingerprint density at radius 2 is 1.76 bits per heavy atom. The number of carbonyl (C=O) groups excluding carboxylic acids is 1. The highest BCUT2D eigenvalue weighted by atomic mass is 32.2. The second-order valence-corrected chi connectivity index (χ2v) is 12.8. The Hall–Kier alpha value is -1.36. The lowest BCUT2D eigenvalue weighted by molar-refractivity contribution is -0.0984.